The Morgan fingerprint density at radius 2 is 2.24 bits per heavy atom. The second-order valence-electron chi connectivity index (χ2n) is 5.90. The molecule has 1 aliphatic heterocycles. The molecule has 21 heavy (non-hydrogen) atoms. The first-order chi connectivity index (χ1) is 9.86. The third-order valence-electron chi connectivity index (χ3n) is 4.05. The summed E-state index contributed by atoms with van der Waals surface area (Å²) in [7, 11) is 1.60. The van der Waals surface area contributed by atoms with Crippen molar-refractivity contribution in [2.45, 2.75) is 44.2 Å². The molecular weight excluding hydrogens is 290 g/mol. The molecule has 116 valence electrons. The lowest BCUT2D eigenvalue weighted by Gasteiger charge is -2.32. The lowest BCUT2D eigenvalue weighted by atomic mass is 9.89. The highest BCUT2D eigenvalue weighted by atomic mass is 32.1. The van der Waals surface area contributed by atoms with Crippen LogP contribution < -0.4 is 0 Å². The fourth-order valence-corrected chi connectivity index (χ4v) is 3.63. The van der Waals surface area contributed by atoms with E-state index in [0.29, 0.717) is 13.0 Å². The zero-order valence-electron chi connectivity index (χ0n) is 12.5. The summed E-state index contributed by atoms with van der Waals surface area (Å²) < 4.78 is 5.32. The van der Waals surface area contributed by atoms with Crippen molar-refractivity contribution in [2.75, 3.05) is 13.7 Å². The average Bonchev–Trinajstić information content (AvgIpc) is 3.06. The highest BCUT2D eigenvalue weighted by molar-refractivity contribution is 7.10. The number of nitrogens with zero attached hydrogens (tertiary/aromatic N) is 1. The number of aliphatic carboxylic acids is 1. The summed E-state index contributed by atoms with van der Waals surface area (Å²) in [6.45, 7) is 4.24. The predicted molar refractivity (Wildman–Crippen MR) is 80.5 cm³/mol. The lowest BCUT2D eigenvalue weighted by Crippen LogP contribution is -2.46. The Bertz CT molecular complexity index is 512. The third-order valence-corrected chi connectivity index (χ3v) is 5.25. The van der Waals surface area contributed by atoms with E-state index in [1.54, 1.807) is 23.3 Å². The van der Waals surface area contributed by atoms with Crippen molar-refractivity contribution in [1.29, 1.82) is 0 Å². The van der Waals surface area contributed by atoms with Crippen molar-refractivity contribution in [2.24, 2.45) is 0 Å². The van der Waals surface area contributed by atoms with Gasteiger partial charge < -0.3 is 14.7 Å². The molecule has 5 nitrogen and oxygen atoms in total. The molecule has 1 amide bonds. The first-order valence-corrected chi connectivity index (χ1v) is 7.84. The van der Waals surface area contributed by atoms with Gasteiger partial charge in [-0.2, -0.15) is 0 Å². The molecule has 1 aromatic heterocycles. The number of amides is 1. The molecular formula is C15H21NO4S. The first kappa shape index (κ1) is 16.0. The lowest BCUT2D eigenvalue weighted by molar-refractivity contribution is -0.141. The van der Waals surface area contributed by atoms with Gasteiger partial charge in [0.05, 0.1) is 17.9 Å². The van der Waals surface area contributed by atoms with Crippen LogP contribution in [0.25, 0.3) is 0 Å². The summed E-state index contributed by atoms with van der Waals surface area (Å²) in [6.07, 6.45) is 0.457. The molecule has 1 N–H and O–H groups in total. The maximum atomic E-state index is 12.9. The van der Waals surface area contributed by atoms with Crippen LogP contribution in [0.2, 0.25) is 0 Å². The van der Waals surface area contributed by atoms with Crippen molar-refractivity contribution in [3.8, 4) is 0 Å². The number of hydrogen-bond donors (Lipinski definition) is 1. The van der Waals surface area contributed by atoms with E-state index in [9.17, 15) is 9.59 Å². The van der Waals surface area contributed by atoms with Gasteiger partial charge in [0.25, 0.3) is 0 Å². The number of carboxylic acids is 1. The number of thiophene rings is 1. The SMILES string of the molecule is COC1CC(CC(=O)O)N(C(=O)C(C)(C)c2cccs2)C1. The summed E-state index contributed by atoms with van der Waals surface area (Å²) >= 11 is 1.54. The predicted octanol–water partition coefficient (Wildman–Crippen LogP) is 2.12. The molecule has 0 radical (unpaired) electrons. The first-order valence-electron chi connectivity index (χ1n) is 6.96. The minimum absolute atomic E-state index is 0.0317. The summed E-state index contributed by atoms with van der Waals surface area (Å²) in [6, 6.07) is 3.57. The van der Waals surface area contributed by atoms with Crippen LogP contribution in [0.4, 0.5) is 0 Å². The topological polar surface area (TPSA) is 66.8 Å². The summed E-state index contributed by atoms with van der Waals surface area (Å²) in [4.78, 5) is 26.6. The molecule has 1 aromatic rings. The van der Waals surface area contributed by atoms with Crippen LogP contribution in [0, 0.1) is 0 Å². The van der Waals surface area contributed by atoms with Crippen LogP contribution >= 0.6 is 11.3 Å². The molecule has 0 aromatic carbocycles. The Kier molecular flexibility index (Phi) is 4.68. The number of likely N-dealkylation sites (tertiary alicyclic amines) is 1. The Balaban J connectivity index is 2.21. The van der Waals surface area contributed by atoms with E-state index in [1.807, 2.05) is 31.4 Å². The van der Waals surface area contributed by atoms with Crippen molar-refractivity contribution in [3.63, 3.8) is 0 Å². The van der Waals surface area contributed by atoms with Gasteiger partial charge in [-0.15, -0.1) is 11.3 Å². The number of hydrogen-bond acceptors (Lipinski definition) is 4. The largest absolute Gasteiger partial charge is 0.481 e. The Labute approximate surface area is 128 Å². The zero-order chi connectivity index (χ0) is 15.6. The summed E-state index contributed by atoms with van der Waals surface area (Å²) in [5.41, 5.74) is -0.645. The van der Waals surface area contributed by atoms with Crippen LogP contribution in [0.3, 0.4) is 0 Å². The number of carbonyl (C=O) groups excluding carboxylic acids is 1. The molecule has 2 atom stereocenters. The van der Waals surface area contributed by atoms with E-state index >= 15 is 0 Å². The average molecular weight is 311 g/mol. The van der Waals surface area contributed by atoms with Gasteiger partial charge >= 0.3 is 5.97 Å². The van der Waals surface area contributed by atoms with Gasteiger partial charge in [-0.1, -0.05) is 6.07 Å². The maximum absolute atomic E-state index is 12.9. The number of carbonyl (C=O) groups is 2. The molecule has 2 unspecified atom stereocenters. The molecule has 1 saturated heterocycles. The minimum atomic E-state index is -0.886. The number of methoxy groups -OCH3 is 1. The van der Waals surface area contributed by atoms with Gasteiger partial charge in [0.1, 0.15) is 0 Å². The van der Waals surface area contributed by atoms with E-state index in [4.69, 9.17) is 9.84 Å². The molecule has 0 aliphatic carbocycles. The monoisotopic (exact) mass is 311 g/mol. The van der Waals surface area contributed by atoms with Gasteiger partial charge in [0, 0.05) is 24.6 Å². The van der Waals surface area contributed by atoms with Crippen LogP contribution in [0.5, 0.6) is 0 Å². The number of ether oxygens (including phenoxy) is 1. The van der Waals surface area contributed by atoms with Crippen molar-refractivity contribution < 1.29 is 19.4 Å². The normalized spacial score (nSPS) is 22.5. The number of rotatable bonds is 5. The van der Waals surface area contributed by atoms with E-state index in [2.05, 4.69) is 0 Å². The molecule has 1 aliphatic rings. The van der Waals surface area contributed by atoms with Crippen LogP contribution in [0.1, 0.15) is 31.6 Å². The number of carboxylic acid groups (broad SMARTS) is 1. The van der Waals surface area contributed by atoms with Gasteiger partial charge in [-0.3, -0.25) is 9.59 Å². The second-order valence-corrected chi connectivity index (χ2v) is 6.85. The minimum Gasteiger partial charge on any atom is -0.481 e. The van der Waals surface area contributed by atoms with Gasteiger partial charge in [-0.05, 0) is 31.7 Å². The van der Waals surface area contributed by atoms with Crippen LogP contribution in [-0.4, -0.2) is 47.7 Å². The zero-order valence-corrected chi connectivity index (χ0v) is 13.4. The third kappa shape index (κ3) is 3.27. The maximum Gasteiger partial charge on any atom is 0.305 e. The summed E-state index contributed by atoms with van der Waals surface area (Å²) in [5.74, 6) is -0.917. The van der Waals surface area contributed by atoms with Gasteiger partial charge in [-0.25, -0.2) is 0 Å². The van der Waals surface area contributed by atoms with Crippen molar-refractivity contribution >= 4 is 23.2 Å². The van der Waals surface area contributed by atoms with Crippen LogP contribution in [0.15, 0.2) is 17.5 Å². The summed E-state index contributed by atoms with van der Waals surface area (Å²) in [5, 5.41) is 11.0. The quantitative estimate of drug-likeness (QED) is 0.904. The molecule has 0 saturated carbocycles. The highest BCUT2D eigenvalue weighted by Crippen LogP contribution is 2.33. The Morgan fingerprint density at radius 1 is 1.52 bits per heavy atom. The smallest absolute Gasteiger partial charge is 0.305 e. The molecule has 2 heterocycles. The molecule has 1 fully saturated rings. The highest BCUT2D eigenvalue weighted by Gasteiger charge is 2.43. The van der Waals surface area contributed by atoms with Gasteiger partial charge in [0.2, 0.25) is 5.91 Å². The fourth-order valence-electron chi connectivity index (χ4n) is 2.79. The fraction of sp³-hybridized carbons (Fsp3) is 0.600. The Hall–Kier alpha value is -1.40. The molecule has 0 bridgehead atoms. The van der Waals surface area contributed by atoms with E-state index in [-0.39, 0.29) is 24.5 Å². The van der Waals surface area contributed by atoms with Crippen molar-refractivity contribution in [3.05, 3.63) is 22.4 Å². The van der Waals surface area contributed by atoms with Gasteiger partial charge in [0.15, 0.2) is 0 Å². The molecule has 6 heteroatoms. The standard InChI is InChI=1S/C15H21NO4S/c1-15(2,12-5-4-6-21-12)14(19)16-9-11(20-3)7-10(16)8-13(17)18/h4-6,10-11H,7-9H2,1-3H3,(H,17,18). The Morgan fingerprint density at radius 3 is 2.76 bits per heavy atom. The molecule has 0 spiro atoms. The van der Waals surface area contributed by atoms with E-state index < -0.39 is 11.4 Å². The van der Waals surface area contributed by atoms with Crippen LogP contribution in [-0.2, 0) is 19.7 Å². The van der Waals surface area contributed by atoms with Crippen molar-refractivity contribution in [1.82, 2.24) is 4.90 Å². The second kappa shape index (κ2) is 6.15. The van der Waals surface area contributed by atoms with E-state index in [1.165, 1.54) is 0 Å². The molecule has 2 rings (SSSR count). The van der Waals surface area contributed by atoms with E-state index in [0.717, 1.165) is 4.88 Å².